The van der Waals surface area contributed by atoms with Gasteiger partial charge < -0.3 is 9.84 Å². The number of nitriles is 1. The van der Waals surface area contributed by atoms with Crippen LogP contribution < -0.4 is 0 Å². The molecule has 0 bridgehead atoms. The quantitative estimate of drug-likeness (QED) is 0.582. The van der Waals surface area contributed by atoms with E-state index in [0.717, 1.165) is 5.56 Å². The fraction of sp³-hybridized carbons (Fsp3) is 0.400. The summed E-state index contributed by atoms with van der Waals surface area (Å²) in [6.07, 6.45) is 2.37. The molecule has 0 spiro atoms. The molecule has 0 aliphatic heterocycles. The van der Waals surface area contributed by atoms with E-state index in [0.29, 0.717) is 31.2 Å². The number of carbonyl (C=O) groups is 2. The van der Waals surface area contributed by atoms with E-state index in [1.54, 1.807) is 24.3 Å². The molecule has 0 fully saturated rings. The van der Waals surface area contributed by atoms with Gasteiger partial charge in [0.15, 0.2) is 0 Å². The summed E-state index contributed by atoms with van der Waals surface area (Å²) in [6, 6.07) is 8.87. The Labute approximate surface area is 117 Å². The first-order valence-electron chi connectivity index (χ1n) is 6.48. The van der Waals surface area contributed by atoms with Crippen LogP contribution in [0.1, 0.15) is 43.2 Å². The van der Waals surface area contributed by atoms with Gasteiger partial charge in [-0.1, -0.05) is 18.6 Å². The van der Waals surface area contributed by atoms with Crippen molar-refractivity contribution in [3.05, 3.63) is 35.4 Å². The first kappa shape index (κ1) is 15.7. The number of carboxylic acids is 1. The fourth-order valence-corrected chi connectivity index (χ4v) is 1.63. The fourth-order valence-electron chi connectivity index (χ4n) is 1.63. The van der Waals surface area contributed by atoms with Crippen LogP contribution in [0.5, 0.6) is 0 Å². The Hall–Kier alpha value is -2.35. The average molecular weight is 275 g/mol. The number of hydrogen-bond acceptors (Lipinski definition) is 4. The van der Waals surface area contributed by atoms with Crippen molar-refractivity contribution in [1.82, 2.24) is 0 Å². The highest BCUT2D eigenvalue weighted by molar-refractivity contribution is 5.69. The Kier molecular flexibility index (Phi) is 6.83. The number of hydrogen-bond donors (Lipinski definition) is 1. The molecular formula is C15H17NO4. The predicted molar refractivity (Wildman–Crippen MR) is 71.7 cm³/mol. The second-order valence-electron chi connectivity index (χ2n) is 4.42. The molecule has 0 radical (unpaired) electrons. The largest absolute Gasteiger partial charge is 0.481 e. The monoisotopic (exact) mass is 275 g/mol. The standard InChI is InChI=1S/C15H17NO4/c16-10-12-6-8-13(9-7-12)11-20-15(19)5-3-1-2-4-14(17)18/h6-9H,1-5,11H2,(H,17,18). The van der Waals surface area contributed by atoms with Crippen LogP contribution in [0.15, 0.2) is 24.3 Å². The second-order valence-corrected chi connectivity index (χ2v) is 4.42. The lowest BCUT2D eigenvalue weighted by molar-refractivity contribution is -0.145. The highest BCUT2D eigenvalue weighted by Gasteiger charge is 2.04. The molecular weight excluding hydrogens is 258 g/mol. The van der Waals surface area contributed by atoms with Crippen LogP contribution >= 0.6 is 0 Å². The van der Waals surface area contributed by atoms with E-state index in [9.17, 15) is 9.59 Å². The third-order valence-electron chi connectivity index (χ3n) is 2.75. The van der Waals surface area contributed by atoms with Crippen LogP contribution in [0, 0.1) is 11.3 Å². The van der Waals surface area contributed by atoms with E-state index in [4.69, 9.17) is 15.1 Å². The van der Waals surface area contributed by atoms with Crippen LogP contribution in [-0.2, 0) is 20.9 Å². The van der Waals surface area contributed by atoms with Gasteiger partial charge in [-0.25, -0.2) is 0 Å². The lowest BCUT2D eigenvalue weighted by Gasteiger charge is -2.05. The normalized spacial score (nSPS) is 9.75. The molecule has 20 heavy (non-hydrogen) atoms. The summed E-state index contributed by atoms with van der Waals surface area (Å²) in [5.74, 6) is -1.10. The van der Waals surface area contributed by atoms with Crippen molar-refractivity contribution < 1.29 is 19.4 Å². The van der Waals surface area contributed by atoms with Crippen molar-refractivity contribution in [3.63, 3.8) is 0 Å². The average Bonchev–Trinajstić information content (AvgIpc) is 2.45. The first-order chi connectivity index (χ1) is 9.61. The SMILES string of the molecule is N#Cc1ccc(COC(=O)CCCCCC(=O)O)cc1. The Bertz CT molecular complexity index is 488. The van der Waals surface area contributed by atoms with E-state index in [2.05, 4.69) is 0 Å². The molecule has 0 aliphatic carbocycles. The number of esters is 1. The molecule has 1 N–H and O–H groups in total. The summed E-state index contributed by atoms with van der Waals surface area (Å²) >= 11 is 0. The van der Waals surface area contributed by atoms with Gasteiger partial charge in [0.1, 0.15) is 6.61 Å². The van der Waals surface area contributed by atoms with Crippen LogP contribution in [-0.4, -0.2) is 17.0 Å². The minimum Gasteiger partial charge on any atom is -0.481 e. The Morgan fingerprint density at radius 2 is 1.75 bits per heavy atom. The lowest BCUT2D eigenvalue weighted by Crippen LogP contribution is -2.04. The Morgan fingerprint density at radius 3 is 2.35 bits per heavy atom. The van der Waals surface area contributed by atoms with Crippen molar-refractivity contribution in [3.8, 4) is 6.07 Å². The molecule has 5 heteroatoms. The molecule has 1 aromatic rings. The Morgan fingerprint density at radius 1 is 1.10 bits per heavy atom. The number of unbranched alkanes of at least 4 members (excludes halogenated alkanes) is 2. The van der Waals surface area contributed by atoms with Crippen LogP contribution in [0.2, 0.25) is 0 Å². The van der Waals surface area contributed by atoms with Gasteiger partial charge in [-0.15, -0.1) is 0 Å². The lowest BCUT2D eigenvalue weighted by atomic mass is 10.1. The van der Waals surface area contributed by atoms with Gasteiger partial charge >= 0.3 is 11.9 Å². The Balaban J connectivity index is 2.16. The number of aliphatic carboxylic acids is 1. The summed E-state index contributed by atoms with van der Waals surface area (Å²) in [7, 11) is 0. The summed E-state index contributed by atoms with van der Waals surface area (Å²) < 4.78 is 5.09. The van der Waals surface area contributed by atoms with Crippen LogP contribution in [0.3, 0.4) is 0 Å². The summed E-state index contributed by atoms with van der Waals surface area (Å²) in [5, 5.41) is 17.1. The maximum Gasteiger partial charge on any atom is 0.306 e. The van der Waals surface area contributed by atoms with E-state index in [1.807, 2.05) is 6.07 Å². The summed E-state index contributed by atoms with van der Waals surface area (Å²) in [5.41, 5.74) is 1.40. The highest BCUT2D eigenvalue weighted by atomic mass is 16.5. The van der Waals surface area contributed by atoms with Crippen molar-refractivity contribution in [2.24, 2.45) is 0 Å². The number of carboxylic acid groups (broad SMARTS) is 1. The number of nitrogens with zero attached hydrogens (tertiary/aromatic N) is 1. The van der Waals surface area contributed by atoms with Gasteiger partial charge in [0.05, 0.1) is 11.6 Å². The zero-order chi connectivity index (χ0) is 14.8. The topological polar surface area (TPSA) is 87.4 Å². The molecule has 1 aromatic carbocycles. The minimum absolute atomic E-state index is 0.139. The van der Waals surface area contributed by atoms with Gasteiger partial charge in [0, 0.05) is 12.8 Å². The third-order valence-corrected chi connectivity index (χ3v) is 2.75. The number of rotatable bonds is 8. The minimum atomic E-state index is -0.812. The van der Waals surface area contributed by atoms with Gasteiger partial charge in [0.2, 0.25) is 0 Å². The maximum atomic E-state index is 11.4. The van der Waals surface area contributed by atoms with E-state index < -0.39 is 5.97 Å². The highest BCUT2D eigenvalue weighted by Crippen LogP contribution is 2.08. The number of ether oxygens (including phenoxy) is 1. The van der Waals surface area contributed by atoms with Crippen molar-refractivity contribution in [2.75, 3.05) is 0 Å². The zero-order valence-electron chi connectivity index (χ0n) is 11.2. The summed E-state index contributed by atoms with van der Waals surface area (Å²) in [6.45, 7) is 0.194. The smallest absolute Gasteiger partial charge is 0.306 e. The first-order valence-corrected chi connectivity index (χ1v) is 6.48. The zero-order valence-corrected chi connectivity index (χ0v) is 11.2. The molecule has 0 saturated heterocycles. The van der Waals surface area contributed by atoms with Crippen LogP contribution in [0.25, 0.3) is 0 Å². The second kappa shape index (κ2) is 8.70. The molecule has 0 saturated carbocycles. The van der Waals surface area contributed by atoms with Gasteiger partial charge in [-0.3, -0.25) is 9.59 Å². The number of carbonyl (C=O) groups excluding carboxylic acids is 1. The van der Waals surface area contributed by atoms with Crippen LogP contribution in [0.4, 0.5) is 0 Å². The van der Waals surface area contributed by atoms with Gasteiger partial charge in [-0.05, 0) is 30.5 Å². The molecule has 0 amide bonds. The maximum absolute atomic E-state index is 11.4. The van der Waals surface area contributed by atoms with Gasteiger partial charge in [0.25, 0.3) is 0 Å². The summed E-state index contributed by atoms with van der Waals surface area (Å²) in [4.78, 5) is 21.7. The van der Waals surface area contributed by atoms with Crippen molar-refractivity contribution in [1.29, 1.82) is 5.26 Å². The number of benzene rings is 1. The van der Waals surface area contributed by atoms with E-state index in [-0.39, 0.29) is 19.0 Å². The molecule has 0 aromatic heterocycles. The van der Waals surface area contributed by atoms with Crippen molar-refractivity contribution in [2.45, 2.75) is 38.7 Å². The molecule has 0 atom stereocenters. The molecule has 106 valence electrons. The molecule has 0 unspecified atom stereocenters. The van der Waals surface area contributed by atoms with Crippen molar-refractivity contribution >= 4 is 11.9 Å². The molecule has 0 aliphatic rings. The molecule has 5 nitrogen and oxygen atoms in total. The third kappa shape index (κ3) is 6.55. The van der Waals surface area contributed by atoms with Gasteiger partial charge in [-0.2, -0.15) is 5.26 Å². The predicted octanol–water partition coefficient (Wildman–Crippen LogP) is 2.64. The molecule has 0 heterocycles. The van der Waals surface area contributed by atoms with E-state index >= 15 is 0 Å². The molecule has 1 rings (SSSR count). The van der Waals surface area contributed by atoms with E-state index in [1.165, 1.54) is 0 Å².